The maximum Gasteiger partial charge on any atom is 0.338 e. The zero-order valence-electron chi connectivity index (χ0n) is 18.8. The molecule has 1 aliphatic heterocycles. The summed E-state index contributed by atoms with van der Waals surface area (Å²) >= 11 is 6.29. The van der Waals surface area contributed by atoms with Gasteiger partial charge in [0.1, 0.15) is 42.2 Å². The van der Waals surface area contributed by atoms with Crippen LogP contribution in [0, 0.1) is 6.92 Å². The van der Waals surface area contributed by atoms with Gasteiger partial charge in [-0.1, -0.05) is 48.0 Å². The maximum absolute atomic E-state index is 12.8. The van der Waals surface area contributed by atoms with Crippen molar-refractivity contribution in [1.82, 2.24) is 14.5 Å². The highest BCUT2D eigenvalue weighted by Crippen LogP contribution is 2.36. The van der Waals surface area contributed by atoms with Crippen LogP contribution in [0.25, 0.3) is 11.0 Å². The molecule has 1 fully saturated rings. The molecule has 2 aromatic heterocycles. The van der Waals surface area contributed by atoms with Gasteiger partial charge < -0.3 is 18.8 Å². The lowest BCUT2D eigenvalue weighted by atomic mass is 10.1. The van der Waals surface area contributed by atoms with E-state index >= 15 is 0 Å². The molecule has 0 aliphatic carbocycles. The second kappa shape index (κ2) is 9.85. The number of hydrogen-bond acceptors (Lipinski definition) is 7. The third-order valence-corrected chi connectivity index (χ3v) is 6.19. The smallest absolute Gasteiger partial charge is 0.338 e. The first kappa shape index (κ1) is 23.0. The van der Waals surface area contributed by atoms with Gasteiger partial charge >= 0.3 is 11.9 Å². The largest absolute Gasteiger partial charge is 0.459 e. The number of esters is 2. The number of aryl methyl sites for hydroxylation is 1. The summed E-state index contributed by atoms with van der Waals surface area (Å²) in [5.74, 6) is -0.953. The van der Waals surface area contributed by atoms with Gasteiger partial charge in [0.25, 0.3) is 0 Å². The van der Waals surface area contributed by atoms with Crippen LogP contribution in [0.2, 0.25) is 5.15 Å². The van der Waals surface area contributed by atoms with E-state index in [-0.39, 0.29) is 6.61 Å². The third-order valence-electron chi connectivity index (χ3n) is 5.90. The molecule has 5 rings (SSSR count). The van der Waals surface area contributed by atoms with Crippen molar-refractivity contribution in [3.63, 3.8) is 0 Å². The van der Waals surface area contributed by atoms with E-state index in [1.54, 1.807) is 48.5 Å². The topological polar surface area (TPSA) is 92.5 Å². The Kier molecular flexibility index (Phi) is 6.48. The Morgan fingerprint density at radius 1 is 1.03 bits per heavy atom. The van der Waals surface area contributed by atoms with Crippen molar-refractivity contribution in [3.05, 3.63) is 95.0 Å². The Morgan fingerprint density at radius 3 is 2.37 bits per heavy atom. The van der Waals surface area contributed by atoms with Crippen LogP contribution >= 0.6 is 11.6 Å². The number of halogens is 1. The van der Waals surface area contributed by atoms with Crippen molar-refractivity contribution in [3.8, 4) is 0 Å². The first-order valence-corrected chi connectivity index (χ1v) is 11.5. The summed E-state index contributed by atoms with van der Waals surface area (Å²) in [6.07, 6.45) is 1.79. The quantitative estimate of drug-likeness (QED) is 0.283. The Labute approximate surface area is 206 Å². The highest BCUT2D eigenvalue weighted by Gasteiger charge is 2.40. The normalized spacial score (nSPS) is 19.5. The second-order valence-corrected chi connectivity index (χ2v) is 8.58. The average Bonchev–Trinajstić information content (AvgIpc) is 3.44. The third kappa shape index (κ3) is 4.76. The minimum Gasteiger partial charge on any atom is -0.459 e. The first-order chi connectivity index (χ1) is 17.0. The molecule has 0 spiro atoms. The van der Waals surface area contributed by atoms with Gasteiger partial charge in [-0.05, 0) is 36.8 Å². The SMILES string of the molecule is Cc1cn([C@H]2C[C@H](OC(=O)c3ccccc3)[C@@H](COC(=O)c3ccccc3)O2)c2ncnc(Cl)c12. The van der Waals surface area contributed by atoms with Gasteiger partial charge in [-0.3, -0.25) is 0 Å². The van der Waals surface area contributed by atoms with E-state index in [4.69, 9.17) is 25.8 Å². The predicted molar refractivity (Wildman–Crippen MR) is 128 cm³/mol. The number of aromatic nitrogens is 3. The van der Waals surface area contributed by atoms with E-state index < -0.39 is 30.4 Å². The van der Waals surface area contributed by atoms with Crippen molar-refractivity contribution >= 4 is 34.6 Å². The molecule has 3 atom stereocenters. The van der Waals surface area contributed by atoms with E-state index in [0.717, 1.165) is 10.9 Å². The van der Waals surface area contributed by atoms with Crippen LogP contribution < -0.4 is 0 Å². The second-order valence-electron chi connectivity index (χ2n) is 8.22. The molecule has 0 bridgehead atoms. The van der Waals surface area contributed by atoms with Gasteiger partial charge in [-0.25, -0.2) is 19.6 Å². The summed E-state index contributed by atoms with van der Waals surface area (Å²) in [7, 11) is 0. The van der Waals surface area contributed by atoms with Crippen molar-refractivity contribution in [2.75, 3.05) is 6.61 Å². The van der Waals surface area contributed by atoms with E-state index in [1.165, 1.54) is 6.33 Å². The van der Waals surface area contributed by atoms with E-state index in [2.05, 4.69) is 9.97 Å². The Bertz CT molecular complexity index is 1360. The van der Waals surface area contributed by atoms with Crippen LogP contribution in [0.15, 0.2) is 73.2 Å². The standard InChI is InChI=1S/C26H22ClN3O5/c1-16-13-30(24-22(16)23(27)28-15-29-24)21-12-19(35-26(32)18-10-6-3-7-11-18)20(34-21)14-33-25(31)17-8-4-2-5-9-17/h2-11,13,15,19-21H,12,14H2,1H3/t19-,20+,21+/m0/s1. The molecular weight excluding hydrogens is 470 g/mol. The van der Waals surface area contributed by atoms with E-state index in [9.17, 15) is 9.59 Å². The number of rotatable bonds is 6. The number of carbonyl (C=O) groups is 2. The van der Waals surface area contributed by atoms with Crippen molar-refractivity contribution in [2.45, 2.75) is 31.8 Å². The van der Waals surface area contributed by atoms with Crippen LogP contribution in [-0.4, -0.2) is 45.3 Å². The summed E-state index contributed by atoms with van der Waals surface area (Å²) in [5.41, 5.74) is 2.37. The molecule has 178 valence electrons. The minimum atomic E-state index is -0.671. The molecule has 0 unspecified atom stereocenters. The average molecular weight is 492 g/mol. The zero-order valence-corrected chi connectivity index (χ0v) is 19.6. The van der Waals surface area contributed by atoms with Crippen molar-refractivity contribution < 1.29 is 23.8 Å². The lowest BCUT2D eigenvalue weighted by Crippen LogP contribution is -2.32. The molecule has 8 nitrogen and oxygen atoms in total. The molecule has 9 heteroatoms. The number of benzene rings is 2. The number of ether oxygens (including phenoxy) is 3. The minimum absolute atomic E-state index is 0.0785. The van der Waals surface area contributed by atoms with Gasteiger partial charge in [-0.15, -0.1) is 0 Å². The van der Waals surface area contributed by atoms with Gasteiger partial charge in [0, 0.05) is 12.6 Å². The summed E-state index contributed by atoms with van der Waals surface area (Å²) < 4.78 is 19.4. The zero-order chi connectivity index (χ0) is 24.4. The molecule has 35 heavy (non-hydrogen) atoms. The van der Waals surface area contributed by atoms with Crippen LogP contribution in [0.4, 0.5) is 0 Å². The lowest BCUT2D eigenvalue weighted by Gasteiger charge is -2.19. The molecule has 0 radical (unpaired) electrons. The van der Waals surface area contributed by atoms with Crippen molar-refractivity contribution in [2.24, 2.45) is 0 Å². The Morgan fingerprint density at radius 2 is 1.69 bits per heavy atom. The molecule has 2 aromatic carbocycles. The maximum atomic E-state index is 12.8. The Hall–Kier alpha value is -3.75. The summed E-state index contributed by atoms with van der Waals surface area (Å²) in [4.78, 5) is 33.7. The monoisotopic (exact) mass is 491 g/mol. The number of hydrogen-bond donors (Lipinski definition) is 0. The molecule has 0 N–H and O–H groups in total. The number of carbonyl (C=O) groups excluding carboxylic acids is 2. The molecular formula is C26H22ClN3O5. The summed E-state index contributed by atoms with van der Waals surface area (Å²) in [5, 5.41) is 1.08. The van der Waals surface area contributed by atoms with E-state index in [1.807, 2.05) is 29.8 Å². The summed E-state index contributed by atoms with van der Waals surface area (Å²) in [6, 6.07) is 17.4. The first-order valence-electron chi connectivity index (χ1n) is 11.1. The van der Waals surface area contributed by atoms with Gasteiger partial charge in [0.05, 0.1) is 16.5 Å². The predicted octanol–water partition coefficient (Wildman–Crippen LogP) is 4.76. The molecule has 0 amide bonds. The van der Waals surface area contributed by atoms with Gasteiger partial charge in [-0.2, -0.15) is 0 Å². The number of fused-ring (bicyclic) bond motifs is 1. The molecule has 1 aliphatic rings. The van der Waals surface area contributed by atoms with Crippen LogP contribution in [0.5, 0.6) is 0 Å². The van der Waals surface area contributed by atoms with Crippen LogP contribution in [0.3, 0.4) is 0 Å². The van der Waals surface area contributed by atoms with Crippen molar-refractivity contribution in [1.29, 1.82) is 0 Å². The number of nitrogens with zero attached hydrogens (tertiary/aromatic N) is 3. The lowest BCUT2D eigenvalue weighted by molar-refractivity contribution is -0.0562. The fourth-order valence-electron chi connectivity index (χ4n) is 4.18. The van der Waals surface area contributed by atoms with Crippen LogP contribution in [-0.2, 0) is 14.2 Å². The summed E-state index contributed by atoms with van der Waals surface area (Å²) in [6.45, 7) is 1.83. The fourth-order valence-corrected chi connectivity index (χ4v) is 4.46. The highest BCUT2D eigenvalue weighted by molar-refractivity contribution is 6.34. The van der Waals surface area contributed by atoms with Gasteiger partial charge in [0.15, 0.2) is 0 Å². The van der Waals surface area contributed by atoms with Gasteiger partial charge in [0.2, 0.25) is 0 Å². The van der Waals surface area contributed by atoms with E-state index in [0.29, 0.717) is 28.3 Å². The fraction of sp³-hybridized carbons (Fsp3) is 0.231. The molecule has 4 aromatic rings. The Balaban J connectivity index is 1.39. The molecule has 3 heterocycles. The molecule has 0 saturated carbocycles. The van der Waals surface area contributed by atoms with Crippen LogP contribution in [0.1, 0.15) is 38.9 Å². The highest BCUT2D eigenvalue weighted by atomic mass is 35.5. The molecule has 1 saturated heterocycles.